The van der Waals surface area contributed by atoms with E-state index >= 15 is 0 Å². The molecule has 2 nitrogen and oxygen atoms in total. The van der Waals surface area contributed by atoms with Gasteiger partial charge in [0.25, 0.3) is 0 Å². The number of nitrogens with zero attached hydrogens (tertiary/aromatic N) is 1. The molecule has 0 amide bonds. The molecule has 1 saturated carbocycles. The summed E-state index contributed by atoms with van der Waals surface area (Å²) in [5, 5.41) is 0. The lowest BCUT2D eigenvalue weighted by Crippen LogP contribution is -2.54. The van der Waals surface area contributed by atoms with E-state index in [0.29, 0.717) is 18.1 Å². The Labute approximate surface area is 121 Å². The summed E-state index contributed by atoms with van der Waals surface area (Å²) in [6.07, 6.45) is 7.82. The maximum absolute atomic E-state index is 6.44. The molecule has 1 fully saturated rings. The molecule has 0 aromatic rings. The van der Waals surface area contributed by atoms with Crippen LogP contribution in [0.5, 0.6) is 0 Å². The third-order valence-electron chi connectivity index (χ3n) is 4.96. The van der Waals surface area contributed by atoms with Gasteiger partial charge in [-0.15, -0.1) is 0 Å². The first-order valence-electron chi connectivity index (χ1n) is 8.48. The molecule has 1 rings (SSSR count). The Hall–Kier alpha value is -0.0800. The largest absolute Gasteiger partial charge is 0.326 e. The van der Waals surface area contributed by atoms with Crippen LogP contribution in [0, 0.1) is 11.8 Å². The monoisotopic (exact) mass is 268 g/mol. The quantitative estimate of drug-likeness (QED) is 0.706. The fourth-order valence-corrected chi connectivity index (χ4v) is 3.54. The van der Waals surface area contributed by atoms with E-state index in [0.717, 1.165) is 11.8 Å². The van der Waals surface area contributed by atoms with Gasteiger partial charge in [0, 0.05) is 18.1 Å². The zero-order valence-electron chi connectivity index (χ0n) is 13.9. The molecule has 0 aliphatic heterocycles. The highest BCUT2D eigenvalue weighted by Crippen LogP contribution is 2.32. The van der Waals surface area contributed by atoms with Crippen LogP contribution in [-0.4, -0.2) is 29.6 Å². The molecular weight excluding hydrogens is 232 g/mol. The Bertz CT molecular complexity index is 237. The van der Waals surface area contributed by atoms with Crippen LogP contribution in [-0.2, 0) is 0 Å². The van der Waals surface area contributed by atoms with Gasteiger partial charge in [0.05, 0.1) is 0 Å². The second kappa shape index (κ2) is 8.26. The smallest absolute Gasteiger partial charge is 0.0252 e. The van der Waals surface area contributed by atoms with Crippen LogP contribution in [0.1, 0.15) is 73.1 Å². The number of rotatable bonds is 7. The van der Waals surface area contributed by atoms with Crippen molar-refractivity contribution in [3.05, 3.63) is 0 Å². The van der Waals surface area contributed by atoms with E-state index in [1.54, 1.807) is 0 Å². The van der Waals surface area contributed by atoms with Crippen LogP contribution in [0.4, 0.5) is 0 Å². The lowest BCUT2D eigenvalue weighted by atomic mass is 9.76. The standard InChI is InChI=1S/C17H36N2/c1-6-7-8-11-19(14(4)5)17-12-15(13(2)3)9-10-16(17)18/h13-17H,6-12,18H2,1-5H3. The van der Waals surface area contributed by atoms with Gasteiger partial charge in [-0.05, 0) is 57.9 Å². The van der Waals surface area contributed by atoms with Gasteiger partial charge in [-0.2, -0.15) is 0 Å². The minimum Gasteiger partial charge on any atom is -0.326 e. The Morgan fingerprint density at radius 3 is 2.32 bits per heavy atom. The number of hydrogen-bond acceptors (Lipinski definition) is 2. The highest BCUT2D eigenvalue weighted by Gasteiger charge is 2.34. The Morgan fingerprint density at radius 2 is 1.79 bits per heavy atom. The van der Waals surface area contributed by atoms with Gasteiger partial charge in [0.2, 0.25) is 0 Å². The van der Waals surface area contributed by atoms with E-state index in [9.17, 15) is 0 Å². The van der Waals surface area contributed by atoms with Crippen molar-refractivity contribution in [1.29, 1.82) is 0 Å². The zero-order chi connectivity index (χ0) is 14.4. The molecule has 3 unspecified atom stereocenters. The van der Waals surface area contributed by atoms with Crippen LogP contribution in [0.15, 0.2) is 0 Å². The molecule has 0 aromatic carbocycles. The van der Waals surface area contributed by atoms with E-state index in [-0.39, 0.29) is 0 Å². The van der Waals surface area contributed by atoms with Gasteiger partial charge in [-0.3, -0.25) is 4.90 Å². The van der Waals surface area contributed by atoms with Crippen molar-refractivity contribution in [2.75, 3.05) is 6.54 Å². The van der Waals surface area contributed by atoms with Gasteiger partial charge in [0.15, 0.2) is 0 Å². The first-order chi connectivity index (χ1) is 8.97. The second-order valence-corrected chi connectivity index (χ2v) is 7.09. The first-order valence-corrected chi connectivity index (χ1v) is 8.48. The van der Waals surface area contributed by atoms with Gasteiger partial charge in [-0.25, -0.2) is 0 Å². The van der Waals surface area contributed by atoms with Crippen LogP contribution in [0.2, 0.25) is 0 Å². The van der Waals surface area contributed by atoms with Crippen LogP contribution >= 0.6 is 0 Å². The molecule has 114 valence electrons. The SMILES string of the molecule is CCCCCN(C(C)C)C1CC(C(C)C)CCC1N. The van der Waals surface area contributed by atoms with Crippen LogP contribution < -0.4 is 5.73 Å². The molecule has 0 bridgehead atoms. The maximum Gasteiger partial charge on any atom is 0.0252 e. The summed E-state index contributed by atoms with van der Waals surface area (Å²) in [6.45, 7) is 12.9. The maximum atomic E-state index is 6.44. The molecule has 0 saturated heterocycles. The summed E-state index contributed by atoms with van der Waals surface area (Å²) in [5.41, 5.74) is 6.44. The molecule has 0 spiro atoms. The van der Waals surface area contributed by atoms with E-state index < -0.39 is 0 Å². The topological polar surface area (TPSA) is 29.3 Å². The average Bonchev–Trinajstić information content (AvgIpc) is 2.35. The number of nitrogens with two attached hydrogens (primary N) is 1. The molecule has 2 heteroatoms. The molecule has 2 N–H and O–H groups in total. The van der Waals surface area contributed by atoms with Gasteiger partial charge in [-0.1, -0.05) is 33.6 Å². The van der Waals surface area contributed by atoms with Crippen molar-refractivity contribution in [3.63, 3.8) is 0 Å². The summed E-state index contributed by atoms with van der Waals surface area (Å²) in [6, 6.07) is 1.62. The van der Waals surface area contributed by atoms with Crippen molar-refractivity contribution in [1.82, 2.24) is 4.90 Å². The molecule has 3 atom stereocenters. The zero-order valence-corrected chi connectivity index (χ0v) is 13.9. The van der Waals surface area contributed by atoms with Crippen LogP contribution in [0.25, 0.3) is 0 Å². The van der Waals surface area contributed by atoms with Crippen molar-refractivity contribution in [2.24, 2.45) is 17.6 Å². The molecule has 1 aliphatic carbocycles. The Balaban J connectivity index is 2.63. The van der Waals surface area contributed by atoms with Crippen molar-refractivity contribution in [2.45, 2.75) is 91.3 Å². The van der Waals surface area contributed by atoms with E-state index in [2.05, 4.69) is 39.5 Å². The summed E-state index contributed by atoms with van der Waals surface area (Å²) >= 11 is 0. The van der Waals surface area contributed by atoms with Gasteiger partial charge >= 0.3 is 0 Å². The predicted octanol–water partition coefficient (Wildman–Crippen LogP) is 4.04. The van der Waals surface area contributed by atoms with Crippen molar-refractivity contribution < 1.29 is 0 Å². The Morgan fingerprint density at radius 1 is 1.11 bits per heavy atom. The normalized spacial score (nSPS) is 28.6. The lowest BCUT2D eigenvalue weighted by Gasteiger charge is -2.44. The molecule has 0 radical (unpaired) electrons. The molecule has 19 heavy (non-hydrogen) atoms. The summed E-state index contributed by atoms with van der Waals surface area (Å²) in [5.74, 6) is 1.68. The van der Waals surface area contributed by atoms with Crippen molar-refractivity contribution >= 4 is 0 Å². The third kappa shape index (κ3) is 5.07. The molecule has 0 heterocycles. The average molecular weight is 268 g/mol. The van der Waals surface area contributed by atoms with Gasteiger partial charge in [0.1, 0.15) is 0 Å². The highest BCUT2D eigenvalue weighted by atomic mass is 15.2. The van der Waals surface area contributed by atoms with Crippen molar-refractivity contribution in [3.8, 4) is 0 Å². The molecule has 1 aliphatic rings. The Kier molecular flexibility index (Phi) is 7.38. The fraction of sp³-hybridized carbons (Fsp3) is 1.00. The lowest BCUT2D eigenvalue weighted by molar-refractivity contribution is 0.0707. The van der Waals surface area contributed by atoms with Crippen LogP contribution in [0.3, 0.4) is 0 Å². The summed E-state index contributed by atoms with van der Waals surface area (Å²) in [7, 11) is 0. The fourth-order valence-electron chi connectivity index (χ4n) is 3.54. The molecule has 0 aromatic heterocycles. The minimum absolute atomic E-state index is 0.388. The number of hydrogen-bond donors (Lipinski definition) is 1. The summed E-state index contributed by atoms with van der Waals surface area (Å²) in [4.78, 5) is 2.69. The third-order valence-corrected chi connectivity index (χ3v) is 4.96. The summed E-state index contributed by atoms with van der Waals surface area (Å²) < 4.78 is 0. The van der Waals surface area contributed by atoms with Gasteiger partial charge < -0.3 is 5.73 Å². The number of unbranched alkanes of at least 4 members (excludes halogenated alkanes) is 2. The van der Waals surface area contributed by atoms with E-state index in [1.165, 1.54) is 45.1 Å². The first kappa shape index (κ1) is 17.0. The van der Waals surface area contributed by atoms with E-state index in [1.807, 2.05) is 0 Å². The second-order valence-electron chi connectivity index (χ2n) is 7.09. The van der Waals surface area contributed by atoms with E-state index in [4.69, 9.17) is 5.73 Å². The molecular formula is C17H36N2. The predicted molar refractivity (Wildman–Crippen MR) is 85.3 cm³/mol. The minimum atomic E-state index is 0.388. The highest BCUT2D eigenvalue weighted by molar-refractivity contribution is 4.91.